The maximum atomic E-state index is 12.5. The van der Waals surface area contributed by atoms with Gasteiger partial charge >= 0.3 is 10.1 Å². The fourth-order valence-corrected chi connectivity index (χ4v) is 2.86. The smallest absolute Gasteiger partial charge is 0.306 e. The van der Waals surface area contributed by atoms with E-state index in [2.05, 4.69) is 20.8 Å². The fourth-order valence-electron chi connectivity index (χ4n) is 2.40. The molecule has 0 aliphatic carbocycles. The van der Waals surface area contributed by atoms with Gasteiger partial charge in [-0.25, -0.2) is 0 Å². The minimum Gasteiger partial charge on any atom is -0.383 e. The average molecular weight is 356 g/mol. The second-order valence-electron chi connectivity index (χ2n) is 6.17. The molecule has 0 N–H and O–H groups in total. The van der Waals surface area contributed by atoms with Crippen LogP contribution < -0.4 is 4.18 Å². The summed E-state index contributed by atoms with van der Waals surface area (Å²) in [5.41, 5.74) is 0.958. The van der Waals surface area contributed by atoms with Gasteiger partial charge < -0.3 is 9.08 Å². The number of amides is 1. The molecule has 0 saturated carbocycles. The first kappa shape index (κ1) is 20.5. The Labute approximate surface area is 146 Å². The first-order valence-corrected chi connectivity index (χ1v) is 10.4. The van der Waals surface area contributed by atoms with Gasteiger partial charge in [-0.1, -0.05) is 38.8 Å². The molecule has 0 unspecified atom stereocenters. The zero-order chi connectivity index (χ0) is 18.2. The van der Waals surface area contributed by atoms with Crippen LogP contribution in [0.4, 0.5) is 0 Å². The van der Waals surface area contributed by atoms with Crippen LogP contribution in [-0.2, 0) is 21.5 Å². The van der Waals surface area contributed by atoms with E-state index in [1.54, 1.807) is 24.3 Å². The van der Waals surface area contributed by atoms with Gasteiger partial charge in [-0.2, -0.15) is 8.42 Å². The molecule has 6 heteroatoms. The van der Waals surface area contributed by atoms with Crippen molar-refractivity contribution in [2.24, 2.45) is 0 Å². The van der Waals surface area contributed by atoms with Crippen LogP contribution in [0.5, 0.6) is 5.75 Å². The summed E-state index contributed by atoms with van der Waals surface area (Å²) in [5, 5.41) is 0. The fraction of sp³-hybridized carbons (Fsp3) is 0.611. The quantitative estimate of drug-likeness (QED) is 0.474. The molecule has 0 radical (unpaired) electrons. The highest BCUT2D eigenvalue weighted by atomic mass is 32.2. The third kappa shape index (κ3) is 7.34. The molecule has 0 aliphatic heterocycles. The second kappa shape index (κ2) is 9.67. The van der Waals surface area contributed by atoms with E-state index in [1.165, 1.54) is 0 Å². The van der Waals surface area contributed by atoms with Crippen LogP contribution in [0.2, 0.25) is 0 Å². The topological polar surface area (TPSA) is 63.7 Å². The van der Waals surface area contributed by atoms with E-state index in [0.29, 0.717) is 13.0 Å². The largest absolute Gasteiger partial charge is 0.383 e. The van der Waals surface area contributed by atoms with Crippen LogP contribution >= 0.6 is 0 Å². The molecule has 0 aromatic heterocycles. The highest BCUT2D eigenvalue weighted by Crippen LogP contribution is 2.18. The Morgan fingerprint density at radius 3 is 2.29 bits per heavy atom. The summed E-state index contributed by atoms with van der Waals surface area (Å²) in [7, 11) is -3.52. The number of carbonyl (C=O) groups is 1. The van der Waals surface area contributed by atoms with E-state index in [0.717, 1.165) is 37.5 Å². The normalized spacial score (nSPS) is 12.7. The molecule has 5 nitrogen and oxygen atoms in total. The highest BCUT2D eigenvalue weighted by molar-refractivity contribution is 7.86. The Hall–Kier alpha value is -1.56. The number of rotatable bonds is 10. The molecule has 0 fully saturated rings. The minimum atomic E-state index is -3.52. The number of nitrogens with zero attached hydrogens (tertiary/aromatic N) is 1. The Kier molecular flexibility index (Phi) is 8.25. The van der Waals surface area contributed by atoms with Crippen molar-refractivity contribution in [2.75, 3.05) is 6.26 Å². The van der Waals surface area contributed by atoms with Crippen molar-refractivity contribution in [3.8, 4) is 5.75 Å². The van der Waals surface area contributed by atoms with Crippen LogP contribution in [0.25, 0.3) is 0 Å². The van der Waals surface area contributed by atoms with Crippen molar-refractivity contribution < 1.29 is 17.4 Å². The Bertz CT molecular complexity index is 610. The second-order valence-corrected chi connectivity index (χ2v) is 7.74. The lowest BCUT2D eigenvalue weighted by atomic mass is 10.1. The van der Waals surface area contributed by atoms with Gasteiger partial charge in [-0.05, 0) is 37.5 Å². The van der Waals surface area contributed by atoms with E-state index in [1.807, 2.05) is 4.90 Å². The van der Waals surface area contributed by atoms with Gasteiger partial charge in [0.25, 0.3) is 0 Å². The Morgan fingerprint density at radius 1 is 1.17 bits per heavy atom. The first-order valence-electron chi connectivity index (χ1n) is 8.54. The number of hydrogen-bond donors (Lipinski definition) is 0. The van der Waals surface area contributed by atoms with Gasteiger partial charge in [-0.3, -0.25) is 4.79 Å². The Morgan fingerprint density at radius 2 is 1.79 bits per heavy atom. The summed E-state index contributed by atoms with van der Waals surface area (Å²) < 4.78 is 27.1. The molecule has 1 amide bonds. The third-order valence-corrected chi connectivity index (χ3v) is 4.46. The SMILES string of the molecule is CCCCCC(=O)N(Cc1ccc(OS(C)(=O)=O)cc1)[C@H](C)CC. The average Bonchev–Trinajstić information content (AvgIpc) is 2.52. The summed E-state index contributed by atoms with van der Waals surface area (Å²) in [4.78, 5) is 14.4. The van der Waals surface area contributed by atoms with Crippen molar-refractivity contribution in [3.05, 3.63) is 29.8 Å². The van der Waals surface area contributed by atoms with Crippen LogP contribution in [0.15, 0.2) is 24.3 Å². The van der Waals surface area contributed by atoms with Crippen LogP contribution in [0.3, 0.4) is 0 Å². The first-order chi connectivity index (χ1) is 11.3. The summed E-state index contributed by atoms with van der Waals surface area (Å²) in [6.07, 6.45) is 5.57. The van der Waals surface area contributed by atoms with Crippen molar-refractivity contribution in [1.29, 1.82) is 0 Å². The molecule has 0 heterocycles. The zero-order valence-electron chi connectivity index (χ0n) is 15.1. The van der Waals surface area contributed by atoms with Gasteiger partial charge in [0.2, 0.25) is 5.91 Å². The third-order valence-electron chi connectivity index (χ3n) is 3.96. The molecule has 0 aliphatic rings. The molecule has 0 bridgehead atoms. The summed E-state index contributed by atoms with van der Waals surface area (Å²) >= 11 is 0. The predicted molar refractivity (Wildman–Crippen MR) is 96.4 cm³/mol. The Balaban J connectivity index is 2.77. The number of unbranched alkanes of at least 4 members (excludes halogenated alkanes) is 2. The lowest BCUT2D eigenvalue weighted by Gasteiger charge is -2.29. The van der Waals surface area contributed by atoms with Crippen molar-refractivity contribution in [1.82, 2.24) is 4.90 Å². The molecule has 136 valence electrons. The molecule has 0 spiro atoms. The van der Waals surface area contributed by atoms with Gasteiger partial charge in [0.05, 0.1) is 6.26 Å². The van der Waals surface area contributed by atoms with E-state index < -0.39 is 10.1 Å². The lowest BCUT2D eigenvalue weighted by Crippen LogP contribution is -2.37. The molecular formula is C18H29NO4S. The van der Waals surface area contributed by atoms with Crippen LogP contribution in [-0.4, -0.2) is 31.5 Å². The minimum absolute atomic E-state index is 0.172. The highest BCUT2D eigenvalue weighted by Gasteiger charge is 2.18. The van der Waals surface area contributed by atoms with E-state index in [4.69, 9.17) is 4.18 Å². The number of benzene rings is 1. The molecule has 1 rings (SSSR count). The molecular weight excluding hydrogens is 326 g/mol. The van der Waals surface area contributed by atoms with Gasteiger partial charge in [-0.15, -0.1) is 0 Å². The van der Waals surface area contributed by atoms with E-state index >= 15 is 0 Å². The molecule has 1 aromatic carbocycles. The van der Waals surface area contributed by atoms with Gasteiger partial charge in [0, 0.05) is 19.0 Å². The number of hydrogen-bond acceptors (Lipinski definition) is 4. The number of carbonyl (C=O) groups excluding carboxylic acids is 1. The molecule has 0 saturated heterocycles. The van der Waals surface area contributed by atoms with Crippen molar-refractivity contribution in [2.45, 2.75) is 65.5 Å². The predicted octanol–water partition coefficient (Wildman–Crippen LogP) is 3.73. The lowest BCUT2D eigenvalue weighted by molar-refractivity contribution is -0.134. The van der Waals surface area contributed by atoms with Crippen molar-refractivity contribution >= 4 is 16.0 Å². The van der Waals surface area contributed by atoms with E-state index in [9.17, 15) is 13.2 Å². The summed E-state index contributed by atoms with van der Waals surface area (Å²) in [6.45, 7) is 6.77. The van der Waals surface area contributed by atoms with Crippen LogP contribution in [0, 0.1) is 0 Å². The summed E-state index contributed by atoms with van der Waals surface area (Å²) in [5.74, 6) is 0.458. The maximum Gasteiger partial charge on any atom is 0.306 e. The van der Waals surface area contributed by atoms with Gasteiger partial charge in [0.1, 0.15) is 5.75 Å². The van der Waals surface area contributed by atoms with Crippen LogP contribution in [0.1, 0.15) is 58.4 Å². The standard InChI is InChI=1S/C18H29NO4S/c1-5-7-8-9-18(20)19(15(3)6-2)14-16-10-12-17(13-11-16)23-24(4,21)22/h10-13,15H,5-9,14H2,1-4H3/t15-/m1/s1. The van der Waals surface area contributed by atoms with E-state index in [-0.39, 0.29) is 17.7 Å². The molecule has 24 heavy (non-hydrogen) atoms. The van der Waals surface area contributed by atoms with Crippen molar-refractivity contribution in [3.63, 3.8) is 0 Å². The molecule has 1 atom stereocenters. The summed E-state index contributed by atoms with van der Waals surface area (Å²) in [6, 6.07) is 7.01. The zero-order valence-corrected chi connectivity index (χ0v) is 15.9. The van der Waals surface area contributed by atoms with Gasteiger partial charge in [0.15, 0.2) is 0 Å². The maximum absolute atomic E-state index is 12.5. The molecule has 1 aromatic rings. The monoisotopic (exact) mass is 355 g/mol.